The number of thiophene rings is 1. The van der Waals surface area contributed by atoms with Crippen molar-refractivity contribution in [2.75, 3.05) is 54.0 Å². The third-order valence-corrected chi connectivity index (χ3v) is 7.45. The van der Waals surface area contributed by atoms with Crippen LogP contribution in [0.4, 0.5) is 0 Å². The second kappa shape index (κ2) is 11.2. The number of methoxy groups -OCH3 is 2. The third-order valence-electron chi connectivity index (χ3n) is 6.26. The first-order chi connectivity index (χ1) is 16.5. The minimum atomic E-state index is -0.0752. The van der Waals surface area contributed by atoms with E-state index in [4.69, 9.17) is 9.47 Å². The van der Waals surface area contributed by atoms with Crippen LogP contribution in [0.5, 0.6) is 5.88 Å². The summed E-state index contributed by atoms with van der Waals surface area (Å²) in [5.41, 5.74) is 2.20. The number of fused-ring (bicyclic) bond motifs is 1. The molecule has 0 aliphatic carbocycles. The smallest absolute Gasteiger partial charge is 0.261 e. The number of likely N-dealkylation sites (N-methyl/N-ethyl adjacent to an activating group) is 1. The second-order valence-corrected chi connectivity index (χ2v) is 9.65. The monoisotopic (exact) mass is 483 g/mol. The van der Waals surface area contributed by atoms with Gasteiger partial charge in [-0.25, -0.2) is 4.98 Å². The van der Waals surface area contributed by atoms with E-state index in [0.29, 0.717) is 35.8 Å². The molecule has 1 saturated heterocycles. The zero-order chi connectivity index (χ0) is 24.1. The van der Waals surface area contributed by atoms with E-state index < -0.39 is 0 Å². The summed E-state index contributed by atoms with van der Waals surface area (Å²) in [7, 11) is 5.36. The van der Waals surface area contributed by atoms with Gasteiger partial charge in [-0.05, 0) is 31.5 Å². The van der Waals surface area contributed by atoms with Crippen molar-refractivity contribution in [3.63, 3.8) is 0 Å². The SMILES string of the molecule is COCc1nc(OC)c2c(C)c(C(=O)NCCCN3CCN(C)CC3c3ccccc3)sc2n1. The molecule has 0 saturated carbocycles. The number of amides is 1. The fourth-order valence-corrected chi connectivity index (χ4v) is 5.59. The van der Waals surface area contributed by atoms with Crippen LogP contribution in [0.3, 0.4) is 0 Å². The number of aromatic nitrogens is 2. The standard InChI is InChI=1S/C25H33N5O3S/c1-17-21-24(33-4)27-20(16-32-3)28-25(21)34-22(17)23(31)26-11-8-12-30-14-13-29(2)15-19(30)18-9-6-5-7-10-18/h5-7,9-10,19H,8,11-16H2,1-4H3,(H,26,31). The average Bonchev–Trinajstić information content (AvgIpc) is 3.19. The summed E-state index contributed by atoms with van der Waals surface area (Å²) in [5, 5.41) is 3.89. The highest BCUT2D eigenvalue weighted by atomic mass is 32.1. The predicted octanol–water partition coefficient (Wildman–Crippen LogP) is 3.26. The molecule has 1 aliphatic rings. The molecule has 1 aliphatic heterocycles. The first-order valence-corrected chi connectivity index (χ1v) is 12.4. The normalized spacial score (nSPS) is 17.2. The third kappa shape index (κ3) is 5.38. The first-order valence-electron chi connectivity index (χ1n) is 11.6. The number of nitrogens with zero attached hydrogens (tertiary/aromatic N) is 4. The minimum absolute atomic E-state index is 0.0752. The average molecular weight is 484 g/mol. The number of hydrogen-bond donors (Lipinski definition) is 1. The Balaban J connectivity index is 1.38. The molecule has 4 rings (SSSR count). The summed E-state index contributed by atoms with van der Waals surface area (Å²) < 4.78 is 10.6. The number of piperazine rings is 1. The van der Waals surface area contributed by atoms with Crippen LogP contribution in [0.15, 0.2) is 30.3 Å². The molecule has 0 bridgehead atoms. The first kappa shape index (κ1) is 24.5. The second-order valence-electron chi connectivity index (χ2n) is 8.65. The Morgan fingerprint density at radius 1 is 1.21 bits per heavy atom. The molecule has 34 heavy (non-hydrogen) atoms. The van der Waals surface area contributed by atoms with Gasteiger partial charge in [0.1, 0.15) is 11.4 Å². The molecule has 1 fully saturated rings. The molecule has 1 aromatic carbocycles. The molecule has 8 nitrogen and oxygen atoms in total. The maximum Gasteiger partial charge on any atom is 0.261 e. The highest BCUT2D eigenvalue weighted by molar-refractivity contribution is 7.20. The Morgan fingerprint density at radius 2 is 2.00 bits per heavy atom. The zero-order valence-corrected chi connectivity index (χ0v) is 21.2. The van der Waals surface area contributed by atoms with E-state index in [9.17, 15) is 4.79 Å². The Labute approximate surface area is 204 Å². The van der Waals surface area contributed by atoms with E-state index in [-0.39, 0.29) is 5.91 Å². The maximum absolute atomic E-state index is 13.0. The number of hydrogen-bond acceptors (Lipinski definition) is 8. The molecule has 1 amide bonds. The van der Waals surface area contributed by atoms with Gasteiger partial charge in [-0.1, -0.05) is 30.3 Å². The van der Waals surface area contributed by atoms with Crippen molar-refractivity contribution >= 4 is 27.5 Å². The van der Waals surface area contributed by atoms with Crippen molar-refractivity contribution in [3.8, 4) is 5.88 Å². The van der Waals surface area contributed by atoms with E-state index in [1.54, 1.807) is 14.2 Å². The molecule has 3 aromatic rings. The fraction of sp³-hybridized carbons (Fsp3) is 0.480. The van der Waals surface area contributed by atoms with Gasteiger partial charge in [-0.3, -0.25) is 9.69 Å². The molecule has 1 unspecified atom stereocenters. The Morgan fingerprint density at radius 3 is 2.74 bits per heavy atom. The summed E-state index contributed by atoms with van der Waals surface area (Å²) in [6.07, 6.45) is 0.893. The van der Waals surface area contributed by atoms with E-state index >= 15 is 0 Å². The van der Waals surface area contributed by atoms with E-state index in [2.05, 4.69) is 62.5 Å². The number of carbonyl (C=O) groups is 1. The van der Waals surface area contributed by atoms with Crippen molar-refractivity contribution < 1.29 is 14.3 Å². The fourth-order valence-electron chi connectivity index (χ4n) is 4.48. The summed E-state index contributed by atoms with van der Waals surface area (Å²) in [5.74, 6) is 0.945. The van der Waals surface area contributed by atoms with Gasteiger partial charge in [0.15, 0.2) is 5.82 Å². The zero-order valence-electron chi connectivity index (χ0n) is 20.3. The summed E-state index contributed by atoms with van der Waals surface area (Å²) in [6, 6.07) is 11.1. The Kier molecular flexibility index (Phi) is 8.10. The maximum atomic E-state index is 13.0. The van der Waals surface area contributed by atoms with Crippen molar-refractivity contribution in [2.45, 2.75) is 26.0 Å². The minimum Gasteiger partial charge on any atom is -0.480 e. The van der Waals surface area contributed by atoms with Crippen LogP contribution in [-0.2, 0) is 11.3 Å². The van der Waals surface area contributed by atoms with Crippen LogP contribution in [0.25, 0.3) is 10.2 Å². The number of carbonyl (C=O) groups excluding carboxylic acids is 1. The van der Waals surface area contributed by atoms with E-state index in [1.807, 2.05) is 6.92 Å². The van der Waals surface area contributed by atoms with Crippen molar-refractivity contribution in [3.05, 3.63) is 52.2 Å². The quantitative estimate of drug-likeness (QED) is 0.468. The summed E-state index contributed by atoms with van der Waals surface area (Å²) in [4.78, 5) is 28.3. The number of benzene rings is 1. The van der Waals surface area contributed by atoms with Gasteiger partial charge in [-0.2, -0.15) is 4.98 Å². The van der Waals surface area contributed by atoms with Crippen molar-refractivity contribution in [1.82, 2.24) is 25.1 Å². The molecular formula is C25H33N5O3S. The van der Waals surface area contributed by atoms with Crippen molar-refractivity contribution in [2.24, 2.45) is 0 Å². The molecular weight excluding hydrogens is 450 g/mol. The lowest BCUT2D eigenvalue weighted by Crippen LogP contribution is -2.47. The molecule has 1 atom stereocenters. The largest absolute Gasteiger partial charge is 0.480 e. The molecule has 0 radical (unpaired) electrons. The molecule has 2 aromatic heterocycles. The number of ether oxygens (including phenoxy) is 2. The summed E-state index contributed by atoms with van der Waals surface area (Å²) >= 11 is 1.37. The molecule has 1 N–H and O–H groups in total. The van der Waals surface area contributed by atoms with Crippen LogP contribution in [0.2, 0.25) is 0 Å². The summed E-state index contributed by atoms with van der Waals surface area (Å²) in [6.45, 7) is 6.89. The van der Waals surface area contributed by atoms with Gasteiger partial charge in [0.2, 0.25) is 5.88 Å². The number of aryl methyl sites for hydroxylation is 1. The van der Waals surface area contributed by atoms with Crippen LogP contribution < -0.4 is 10.1 Å². The van der Waals surface area contributed by atoms with Gasteiger partial charge in [0.05, 0.1) is 17.4 Å². The lowest BCUT2D eigenvalue weighted by atomic mass is 10.0. The predicted molar refractivity (Wildman–Crippen MR) is 135 cm³/mol. The van der Waals surface area contributed by atoms with Gasteiger partial charge in [0.25, 0.3) is 5.91 Å². The molecule has 0 spiro atoms. The van der Waals surface area contributed by atoms with Gasteiger partial charge < -0.3 is 19.7 Å². The number of nitrogens with one attached hydrogen (secondary N) is 1. The number of rotatable bonds is 9. The van der Waals surface area contributed by atoms with Crippen LogP contribution >= 0.6 is 11.3 Å². The van der Waals surface area contributed by atoms with Crippen LogP contribution in [0, 0.1) is 6.92 Å². The molecule has 182 valence electrons. The topological polar surface area (TPSA) is 79.8 Å². The van der Waals surface area contributed by atoms with Gasteiger partial charge in [0, 0.05) is 45.9 Å². The van der Waals surface area contributed by atoms with E-state index in [1.165, 1.54) is 16.9 Å². The molecule has 3 heterocycles. The highest BCUT2D eigenvalue weighted by Gasteiger charge is 2.26. The highest BCUT2D eigenvalue weighted by Crippen LogP contribution is 2.35. The van der Waals surface area contributed by atoms with Crippen LogP contribution in [0.1, 0.15) is 39.1 Å². The Hall–Kier alpha value is -2.59. The molecule has 9 heteroatoms. The van der Waals surface area contributed by atoms with E-state index in [0.717, 1.165) is 48.4 Å². The van der Waals surface area contributed by atoms with Crippen molar-refractivity contribution in [1.29, 1.82) is 0 Å². The van der Waals surface area contributed by atoms with Gasteiger partial charge >= 0.3 is 0 Å². The lowest BCUT2D eigenvalue weighted by molar-refractivity contribution is 0.0866. The van der Waals surface area contributed by atoms with Crippen LogP contribution in [-0.4, -0.2) is 79.7 Å². The van der Waals surface area contributed by atoms with Gasteiger partial charge in [-0.15, -0.1) is 11.3 Å². The Bertz CT molecular complexity index is 1120. The lowest BCUT2D eigenvalue weighted by Gasteiger charge is -2.40.